The highest BCUT2D eigenvalue weighted by atomic mass is 16.5. The Bertz CT molecular complexity index is 1040. The molecule has 1 amide bonds. The Morgan fingerprint density at radius 1 is 1.03 bits per heavy atom. The lowest BCUT2D eigenvalue weighted by atomic mass is 9.97. The van der Waals surface area contributed by atoms with Gasteiger partial charge in [-0.15, -0.1) is 0 Å². The maximum atomic E-state index is 12.4. The predicted octanol–water partition coefficient (Wildman–Crippen LogP) is 4.34. The van der Waals surface area contributed by atoms with Crippen LogP contribution in [0.2, 0.25) is 0 Å². The first-order valence-corrected chi connectivity index (χ1v) is 10.4. The van der Waals surface area contributed by atoms with Crippen molar-refractivity contribution in [2.24, 2.45) is 5.92 Å². The zero-order valence-electron chi connectivity index (χ0n) is 17.1. The number of benzene rings is 2. The molecule has 31 heavy (non-hydrogen) atoms. The maximum Gasteiger partial charge on any atom is 0.309 e. The van der Waals surface area contributed by atoms with Crippen LogP contribution in [0.15, 0.2) is 77.3 Å². The van der Waals surface area contributed by atoms with Gasteiger partial charge in [0.15, 0.2) is 5.76 Å². The number of ether oxygens (including phenoxy) is 1. The Morgan fingerprint density at radius 3 is 2.42 bits per heavy atom. The topological polar surface area (TPSA) is 72.6 Å². The fourth-order valence-corrected chi connectivity index (χ4v) is 3.55. The van der Waals surface area contributed by atoms with Gasteiger partial charge in [-0.3, -0.25) is 9.59 Å². The molecule has 0 atom stereocenters. The number of amides is 1. The molecule has 1 aromatic heterocycles. The SMILES string of the molecule is O=C(OCc1cc(-c2ccccc2)on1)C1CCN(C(=O)/C=C/c2ccccc2)CC1. The summed E-state index contributed by atoms with van der Waals surface area (Å²) in [4.78, 5) is 26.6. The molecule has 0 radical (unpaired) electrons. The van der Waals surface area contributed by atoms with Crippen LogP contribution in [0.3, 0.4) is 0 Å². The van der Waals surface area contributed by atoms with E-state index in [2.05, 4.69) is 5.16 Å². The highest BCUT2D eigenvalue weighted by Gasteiger charge is 2.27. The van der Waals surface area contributed by atoms with Crippen LogP contribution in [0.1, 0.15) is 24.1 Å². The van der Waals surface area contributed by atoms with Crippen LogP contribution < -0.4 is 0 Å². The molecule has 0 bridgehead atoms. The van der Waals surface area contributed by atoms with E-state index < -0.39 is 0 Å². The van der Waals surface area contributed by atoms with Gasteiger partial charge in [0, 0.05) is 30.8 Å². The lowest BCUT2D eigenvalue weighted by Gasteiger charge is -2.30. The van der Waals surface area contributed by atoms with Gasteiger partial charge in [-0.25, -0.2) is 0 Å². The third-order valence-corrected chi connectivity index (χ3v) is 5.34. The molecule has 1 aliphatic rings. The highest BCUT2D eigenvalue weighted by molar-refractivity contribution is 5.92. The highest BCUT2D eigenvalue weighted by Crippen LogP contribution is 2.22. The summed E-state index contributed by atoms with van der Waals surface area (Å²) in [5.74, 6) is 0.146. The molecule has 3 aromatic rings. The van der Waals surface area contributed by atoms with E-state index in [1.807, 2.05) is 66.7 Å². The molecule has 0 unspecified atom stereocenters. The monoisotopic (exact) mass is 416 g/mol. The average Bonchev–Trinajstić information content (AvgIpc) is 3.31. The second-order valence-corrected chi connectivity index (χ2v) is 7.50. The largest absolute Gasteiger partial charge is 0.459 e. The van der Waals surface area contributed by atoms with Crippen molar-refractivity contribution in [2.75, 3.05) is 13.1 Å². The maximum absolute atomic E-state index is 12.4. The summed E-state index contributed by atoms with van der Waals surface area (Å²) < 4.78 is 10.8. The standard InChI is InChI=1S/C25H24N2O4/c28-24(12-11-19-7-3-1-4-8-19)27-15-13-21(14-16-27)25(29)30-18-22-17-23(31-26-22)20-9-5-2-6-10-20/h1-12,17,21H,13-16,18H2/b12-11+. The summed E-state index contributed by atoms with van der Waals surface area (Å²) in [6.45, 7) is 1.16. The normalized spacial score (nSPS) is 14.6. The molecule has 0 saturated carbocycles. The molecule has 0 N–H and O–H groups in total. The first-order valence-electron chi connectivity index (χ1n) is 10.4. The number of esters is 1. The molecule has 1 saturated heterocycles. The van der Waals surface area contributed by atoms with Crippen LogP contribution in [0, 0.1) is 5.92 Å². The van der Waals surface area contributed by atoms with E-state index in [-0.39, 0.29) is 24.4 Å². The molecule has 158 valence electrons. The number of rotatable bonds is 6. The fraction of sp³-hybridized carbons (Fsp3) is 0.240. The van der Waals surface area contributed by atoms with Gasteiger partial charge in [-0.05, 0) is 24.5 Å². The Kier molecular flexibility index (Phi) is 6.57. The Labute approximate surface area is 181 Å². The molecular weight excluding hydrogens is 392 g/mol. The van der Waals surface area contributed by atoms with E-state index in [1.54, 1.807) is 17.0 Å². The molecule has 0 aliphatic carbocycles. The number of nitrogens with zero attached hydrogens (tertiary/aromatic N) is 2. The number of hydrogen-bond donors (Lipinski definition) is 0. The smallest absolute Gasteiger partial charge is 0.309 e. The van der Waals surface area contributed by atoms with Crippen molar-refractivity contribution in [1.82, 2.24) is 10.1 Å². The summed E-state index contributed by atoms with van der Waals surface area (Å²) in [6.07, 6.45) is 4.59. The minimum atomic E-state index is -0.254. The predicted molar refractivity (Wildman–Crippen MR) is 117 cm³/mol. The quantitative estimate of drug-likeness (QED) is 0.442. The van der Waals surface area contributed by atoms with Gasteiger partial charge >= 0.3 is 5.97 Å². The zero-order chi connectivity index (χ0) is 21.5. The Hall–Kier alpha value is -3.67. The first-order chi connectivity index (χ1) is 15.2. The van der Waals surface area contributed by atoms with Crippen molar-refractivity contribution >= 4 is 18.0 Å². The van der Waals surface area contributed by atoms with Crippen molar-refractivity contribution in [1.29, 1.82) is 0 Å². The fourth-order valence-electron chi connectivity index (χ4n) is 3.55. The van der Waals surface area contributed by atoms with Gasteiger partial charge < -0.3 is 14.2 Å². The summed E-state index contributed by atoms with van der Waals surface area (Å²) >= 11 is 0. The van der Waals surface area contributed by atoms with E-state index in [0.717, 1.165) is 11.1 Å². The number of carbonyl (C=O) groups excluding carboxylic acids is 2. The summed E-state index contributed by atoms with van der Waals surface area (Å²) in [7, 11) is 0. The molecular formula is C25H24N2O4. The second-order valence-electron chi connectivity index (χ2n) is 7.50. The van der Waals surface area contributed by atoms with E-state index in [9.17, 15) is 9.59 Å². The molecule has 1 aliphatic heterocycles. The summed E-state index contributed by atoms with van der Waals surface area (Å²) in [5, 5.41) is 3.98. The lowest BCUT2D eigenvalue weighted by Crippen LogP contribution is -2.39. The van der Waals surface area contributed by atoms with Crippen LogP contribution in [0.5, 0.6) is 0 Å². The summed E-state index contributed by atoms with van der Waals surface area (Å²) in [5.41, 5.74) is 2.48. The van der Waals surface area contributed by atoms with Crippen LogP contribution >= 0.6 is 0 Å². The minimum Gasteiger partial charge on any atom is -0.459 e. The molecule has 2 aromatic carbocycles. The van der Waals surface area contributed by atoms with E-state index in [1.165, 1.54) is 0 Å². The first kappa shape index (κ1) is 20.6. The molecule has 2 heterocycles. The van der Waals surface area contributed by atoms with Crippen LogP contribution in [-0.2, 0) is 20.9 Å². The van der Waals surface area contributed by atoms with E-state index >= 15 is 0 Å². The minimum absolute atomic E-state index is 0.0355. The number of carbonyl (C=O) groups is 2. The van der Waals surface area contributed by atoms with Gasteiger partial charge in [0.25, 0.3) is 0 Å². The van der Waals surface area contributed by atoms with Crippen LogP contribution in [0.25, 0.3) is 17.4 Å². The van der Waals surface area contributed by atoms with Crippen molar-refractivity contribution in [3.8, 4) is 11.3 Å². The second kappa shape index (κ2) is 9.89. The number of hydrogen-bond acceptors (Lipinski definition) is 5. The number of aromatic nitrogens is 1. The zero-order valence-corrected chi connectivity index (χ0v) is 17.1. The lowest BCUT2D eigenvalue weighted by molar-refractivity contribution is -0.152. The molecule has 6 nitrogen and oxygen atoms in total. The van der Waals surface area contributed by atoms with Crippen molar-refractivity contribution < 1.29 is 18.8 Å². The number of piperidine rings is 1. The van der Waals surface area contributed by atoms with Crippen molar-refractivity contribution in [2.45, 2.75) is 19.4 Å². The van der Waals surface area contributed by atoms with Gasteiger partial charge in [0.1, 0.15) is 12.3 Å². The van der Waals surface area contributed by atoms with Crippen molar-refractivity contribution in [3.63, 3.8) is 0 Å². The molecule has 6 heteroatoms. The molecule has 0 spiro atoms. The summed E-state index contributed by atoms with van der Waals surface area (Å²) in [6, 6.07) is 21.1. The Morgan fingerprint density at radius 2 is 1.71 bits per heavy atom. The van der Waals surface area contributed by atoms with Gasteiger partial charge in [-0.1, -0.05) is 65.8 Å². The Balaban J connectivity index is 1.23. The third kappa shape index (κ3) is 5.48. The molecule has 4 rings (SSSR count). The van der Waals surface area contributed by atoms with Crippen LogP contribution in [-0.4, -0.2) is 35.0 Å². The van der Waals surface area contributed by atoms with Crippen LogP contribution in [0.4, 0.5) is 0 Å². The number of likely N-dealkylation sites (tertiary alicyclic amines) is 1. The third-order valence-electron chi connectivity index (χ3n) is 5.34. The van der Waals surface area contributed by atoms with Gasteiger partial charge in [0.05, 0.1) is 5.92 Å². The van der Waals surface area contributed by atoms with Gasteiger partial charge in [0.2, 0.25) is 5.91 Å². The van der Waals surface area contributed by atoms with E-state index in [4.69, 9.17) is 9.26 Å². The average molecular weight is 416 g/mol. The van der Waals surface area contributed by atoms with Crippen molar-refractivity contribution in [3.05, 3.63) is 84.1 Å². The van der Waals surface area contributed by atoms with E-state index in [0.29, 0.717) is 37.4 Å². The molecule has 1 fully saturated rings. The van der Waals surface area contributed by atoms with Gasteiger partial charge in [-0.2, -0.15) is 0 Å².